The molecule has 3 heteroatoms. The molecule has 0 aliphatic heterocycles. The summed E-state index contributed by atoms with van der Waals surface area (Å²) >= 11 is 0. The molecule has 1 unspecified atom stereocenters. The van der Waals surface area contributed by atoms with Crippen molar-refractivity contribution in [3.05, 3.63) is 29.8 Å². The van der Waals surface area contributed by atoms with Gasteiger partial charge in [-0.1, -0.05) is 32.9 Å². The fraction of sp³-hybridized carbons (Fsp3) is 0.611. The molecule has 0 spiro atoms. The molecule has 1 aromatic carbocycles. The van der Waals surface area contributed by atoms with Gasteiger partial charge in [0.2, 0.25) is 0 Å². The van der Waals surface area contributed by atoms with Crippen LogP contribution >= 0.6 is 0 Å². The fourth-order valence-corrected chi connectivity index (χ4v) is 2.56. The van der Waals surface area contributed by atoms with Gasteiger partial charge < -0.3 is 4.74 Å². The Labute approximate surface area is 128 Å². The number of nitriles is 1. The average Bonchev–Trinajstić information content (AvgIpc) is 3.33. The molecule has 1 aliphatic rings. The highest BCUT2D eigenvalue weighted by Gasteiger charge is 2.46. The van der Waals surface area contributed by atoms with Gasteiger partial charge in [-0.15, -0.1) is 0 Å². The van der Waals surface area contributed by atoms with Crippen LogP contribution in [0.15, 0.2) is 24.3 Å². The van der Waals surface area contributed by atoms with Gasteiger partial charge in [-0.05, 0) is 55.3 Å². The minimum atomic E-state index is -0.524. The van der Waals surface area contributed by atoms with Crippen molar-refractivity contribution in [3.63, 3.8) is 0 Å². The summed E-state index contributed by atoms with van der Waals surface area (Å²) in [7, 11) is 0. The second-order valence-electron chi connectivity index (χ2n) is 6.30. The Kier molecular flexibility index (Phi) is 5.25. The Morgan fingerprint density at radius 3 is 2.76 bits per heavy atom. The largest absolute Gasteiger partial charge is 0.491 e. The minimum absolute atomic E-state index is 0.426. The number of hydrogen-bond donors (Lipinski definition) is 1. The predicted molar refractivity (Wildman–Crippen MR) is 85.4 cm³/mol. The van der Waals surface area contributed by atoms with Gasteiger partial charge in [-0.2, -0.15) is 5.26 Å². The van der Waals surface area contributed by atoms with Gasteiger partial charge in [-0.3, -0.25) is 5.32 Å². The van der Waals surface area contributed by atoms with Gasteiger partial charge in [0.1, 0.15) is 17.9 Å². The first-order valence-electron chi connectivity index (χ1n) is 8.00. The van der Waals surface area contributed by atoms with Gasteiger partial charge >= 0.3 is 0 Å². The molecule has 0 bridgehead atoms. The topological polar surface area (TPSA) is 45.0 Å². The normalized spacial score (nSPS) is 17.3. The highest BCUT2D eigenvalue weighted by atomic mass is 16.5. The zero-order valence-electron chi connectivity index (χ0n) is 13.4. The quantitative estimate of drug-likeness (QED) is 0.789. The number of hydrogen-bond acceptors (Lipinski definition) is 3. The predicted octanol–water partition coefficient (Wildman–Crippen LogP) is 3.86. The fourth-order valence-electron chi connectivity index (χ4n) is 2.56. The highest BCUT2D eigenvalue weighted by molar-refractivity contribution is 5.31. The molecule has 0 heterocycles. The second-order valence-corrected chi connectivity index (χ2v) is 6.30. The van der Waals surface area contributed by atoms with Crippen LogP contribution in [-0.4, -0.2) is 18.7 Å². The maximum atomic E-state index is 9.64. The molecule has 3 nitrogen and oxygen atoms in total. The summed E-state index contributed by atoms with van der Waals surface area (Å²) in [5.41, 5.74) is 0.743. The smallest absolute Gasteiger partial charge is 0.143 e. The zero-order valence-corrected chi connectivity index (χ0v) is 13.4. The highest BCUT2D eigenvalue weighted by Crippen LogP contribution is 2.40. The molecule has 1 atom stereocenters. The maximum Gasteiger partial charge on any atom is 0.143 e. The van der Waals surface area contributed by atoms with Crippen LogP contribution in [0, 0.1) is 17.2 Å². The molecule has 0 amide bonds. The lowest BCUT2D eigenvalue weighted by Crippen LogP contribution is -2.51. The molecule has 1 aliphatic carbocycles. The van der Waals surface area contributed by atoms with E-state index in [0.29, 0.717) is 18.4 Å². The summed E-state index contributed by atoms with van der Waals surface area (Å²) in [5.74, 6) is 1.78. The first-order valence-corrected chi connectivity index (χ1v) is 8.00. The van der Waals surface area contributed by atoms with E-state index in [-0.39, 0.29) is 0 Å². The maximum absolute atomic E-state index is 9.64. The molecular formula is C18H26N2O. The number of nitrogens with zero attached hydrogens (tertiary/aromatic N) is 1. The Hall–Kier alpha value is -1.53. The average molecular weight is 286 g/mol. The number of ether oxygens (including phenoxy) is 1. The van der Waals surface area contributed by atoms with E-state index in [9.17, 15) is 5.26 Å². The summed E-state index contributed by atoms with van der Waals surface area (Å²) in [5, 5.41) is 13.1. The summed E-state index contributed by atoms with van der Waals surface area (Å²) in [6, 6.07) is 10.7. The van der Waals surface area contributed by atoms with E-state index in [4.69, 9.17) is 4.74 Å². The van der Waals surface area contributed by atoms with Crippen LogP contribution in [0.2, 0.25) is 0 Å². The molecule has 0 radical (unpaired) electrons. The lowest BCUT2D eigenvalue weighted by atomic mass is 9.96. The molecule has 0 saturated heterocycles. The van der Waals surface area contributed by atoms with Crippen molar-refractivity contribution in [1.29, 1.82) is 5.26 Å². The lowest BCUT2D eigenvalue weighted by Gasteiger charge is -2.28. The Balaban J connectivity index is 2.04. The van der Waals surface area contributed by atoms with Crippen LogP contribution in [0.25, 0.3) is 0 Å². The summed E-state index contributed by atoms with van der Waals surface area (Å²) in [6.07, 6.45) is 3.28. The molecule has 1 aromatic rings. The third-order valence-electron chi connectivity index (χ3n) is 4.16. The SMILES string of the molecule is CCCNC(C#N)(COc1cccc(C(C)C)c1)C1CC1. The van der Waals surface area contributed by atoms with Gasteiger partial charge in [0.05, 0.1) is 6.07 Å². The second kappa shape index (κ2) is 6.95. The van der Waals surface area contributed by atoms with Gasteiger partial charge in [-0.25, -0.2) is 0 Å². The van der Waals surface area contributed by atoms with Crippen molar-refractivity contribution in [2.24, 2.45) is 5.92 Å². The third kappa shape index (κ3) is 3.98. The minimum Gasteiger partial charge on any atom is -0.491 e. The van der Waals surface area contributed by atoms with Crippen molar-refractivity contribution in [2.45, 2.75) is 51.5 Å². The van der Waals surface area contributed by atoms with Crippen molar-refractivity contribution in [2.75, 3.05) is 13.2 Å². The Bertz CT molecular complexity index is 502. The monoisotopic (exact) mass is 286 g/mol. The van der Waals surface area contributed by atoms with E-state index >= 15 is 0 Å². The van der Waals surface area contributed by atoms with Crippen LogP contribution in [0.3, 0.4) is 0 Å². The van der Waals surface area contributed by atoms with Crippen LogP contribution in [0.5, 0.6) is 5.75 Å². The standard InChI is InChI=1S/C18H26N2O/c1-4-10-20-18(12-19,16-8-9-16)13-21-17-7-5-6-15(11-17)14(2)3/h5-7,11,14,16,20H,4,8-10,13H2,1-3H3. The van der Waals surface area contributed by atoms with E-state index in [1.807, 2.05) is 12.1 Å². The molecule has 1 N–H and O–H groups in total. The van der Waals surface area contributed by atoms with Crippen LogP contribution in [0.1, 0.15) is 51.5 Å². The molecular weight excluding hydrogens is 260 g/mol. The molecule has 1 saturated carbocycles. The number of nitrogens with one attached hydrogen (secondary N) is 1. The first kappa shape index (κ1) is 15.9. The van der Waals surface area contributed by atoms with E-state index in [1.165, 1.54) is 5.56 Å². The number of benzene rings is 1. The summed E-state index contributed by atoms with van der Waals surface area (Å²) < 4.78 is 5.97. The van der Waals surface area contributed by atoms with Crippen molar-refractivity contribution in [1.82, 2.24) is 5.32 Å². The van der Waals surface area contributed by atoms with E-state index in [2.05, 4.69) is 44.3 Å². The van der Waals surface area contributed by atoms with Crippen molar-refractivity contribution >= 4 is 0 Å². The summed E-state index contributed by atoms with van der Waals surface area (Å²) in [6.45, 7) is 7.75. The Morgan fingerprint density at radius 2 is 2.19 bits per heavy atom. The Morgan fingerprint density at radius 1 is 1.43 bits per heavy atom. The molecule has 21 heavy (non-hydrogen) atoms. The van der Waals surface area contributed by atoms with Crippen molar-refractivity contribution < 1.29 is 4.74 Å². The van der Waals surface area contributed by atoms with Gasteiger partial charge in [0.25, 0.3) is 0 Å². The van der Waals surface area contributed by atoms with Gasteiger partial charge in [0.15, 0.2) is 0 Å². The third-order valence-corrected chi connectivity index (χ3v) is 4.16. The van der Waals surface area contributed by atoms with E-state index < -0.39 is 5.54 Å². The molecule has 2 rings (SSSR count). The summed E-state index contributed by atoms with van der Waals surface area (Å²) in [4.78, 5) is 0. The van der Waals surface area contributed by atoms with Crippen molar-refractivity contribution in [3.8, 4) is 11.8 Å². The van der Waals surface area contributed by atoms with E-state index in [0.717, 1.165) is 31.6 Å². The molecule has 1 fully saturated rings. The first-order chi connectivity index (χ1) is 10.1. The molecule has 114 valence electrons. The zero-order chi connectivity index (χ0) is 15.3. The van der Waals surface area contributed by atoms with Gasteiger partial charge in [0, 0.05) is 0 Å². The van der Waals surface area contributed by atoms with Crippen LogP contribution in [-0.2, 0) is 0 Å². The number of rotatable bonds is 8. The van der Waals surface area contributed by atoms with E-state index in [1.54, 1.807) is 0 Å². The van der Waals surface area contributed by atoms with Crippen LogP contribution in [0.4, 0.5) is 0 Å². The lowest BCUT2D eigenvalue weighted by molar-refractivity contribution is 0.202. The van der Waals surface area contributed by atoms with Crippen LogP contribution < -0.4 is 10.1 Å². The molecule has 0 aromatic heterocycles.